The van der Waals surface area contributed by atoms with E-state index in [2.05, 4.69) is 17.2 Å². The molecule has 3 nitrogen and oxygen atoms in total. The fourth-order valence-electron chi connectivity index (χ4n) is 1.39. The maximum absolute atomic E-state index is 4.31. The maximum atomic E-state index is 4.31. The van der Waals surface area contributed by atoms with Crippen molar-refractivity contribution in [2.24, 2.45) is 7.05 Å². The molecule has 3 heteroatoms. The van der Waals surface area contributed by atoms with Gasteiger partial charge in [-0.1, -0.05) is 18.2 Å². The van der Waals surface area contributed by atoms with Gasteiger partial charge in [0.05, 0.1) is 11.2 Å². The molecule has 0 fully saturated rings. The third-order valence-electron chi connectivity index (χ3n) is 1.94. The van der Waals surface area contributed by atoms with Crippen LogP contribution in [-0.4, -0.2) is 9.78 Å². The van der Waals surface area contributed by atoms with Gasteiger partial charge in [0.25, 0.3) is 0 Å². The van der Waals surface area contributed by atoms with Crippen LogP contribution < -0.4 is 6.15 Å². The Hall–Kier alpha value is -1.35. The Kier molecular flexibility index (Phi) is 2.15. The number of aryl methyl sites for hydroxylation is 2. The first kappa shape index (κ1) is 8.74. The number of aromatic nitrogens is 2. The van der Waals surface area contributed by atoms with Crippen LogP contribution in [0.2, 0.25) is 0 Å². The Morgan fingerprint density at radius 1 is 1.25 bits per heavy atom. The van der Waals surface area contributed by atoms with Crippen LogP contribution in [0.4, 0.5) is 0 Å². The minimum Gasteiger partial charge on any atom is -0.344 e. The Balaban J connectivity index is 0.000000720. The quantitative estimate of drug-likeness (QED) is 0.646. The molecule has 0 atom stereocenters. The first-order chi connectivity index (χ1) is 5.29. The SMILES string of the molecule is Cc1nn(C)c2ccccc12.N. The molecular weight excluding hydrogens is 150 g/mol. The highest BCUT2D eigenvalue weighted by atomic mass is 15.3. The second-order valence-corrected chi connectivity index (χ2v) is 2.73. The van der Waals surface area contributed by atoms with Crippen molar-refractivity contribution in [3.05, 3.63) is 30.0 Å². The summed E-state index contributed by atoms with van der Waals surface area (Å²) < 4.78 is 1.91. The maximum Gasteiger partial charge on any atom is 0.0681 e. The molecule has 0 saturated carbocycles. The average molecular weight is 163 g/mol. The lowest BCUT2D eigenvalue weighted by atomic mass is 10.2. The van der Waals surface area contributed by atoms with E-state index in [9.17, 15) is 0 Å². The number of hydrogen-bond acceptors (Lipinski definition) is 2. The molecule has 0 spiro atoms. The van der Waals surface area contributed by atoms with Gasteiger partial charge in [-0.3, -0.25) is 4.68 Å². The van der Waals surface area contributed by atoms with Crippen molar-refractivity contribution in [2.75, 3.05) is 0 Å². The normalized spacial score (nSPS) is 9.83. The molecule has 1 heterocycles. The molecule has 0 unspecified atom stereocenters. The topological polar surface area (TPSA) is 52.8 Å². The van der Waals surface area contributed by atoms with Gasteiger partial charge >= 0.3 is 0 Å². The fraction of sp³-hybridized carbons (Fsp3) is 0.222. The van der Waals surface area contributed by atoms with Gasteiger partial charge in [-0.05, 0) is 13.0 Å². The molecular formula is C9H13N3. The summed E-state index contributed by atoms with van der Waals surface area (Å²) in [6.07, 6.45) is 0. The van der Waals surface area contributed by atoms with Crippen LogP contribution >= 0.6 is 0 Å². The minimum absolute atomic E-state index is 0. The lowest BCUT2D eigenvalue weighted by Crippen LogP contribution is -1.88. The van der Waals surface area contributed by atoms with E-state index >= 15 is 0 Å². The summed E-state index contributed by atoms with van der Waals surface area (Å²) in [4.78, 5) is 0. The van der Waals surface area contributed by atoms with Gasteiger partial charge in [0.1, 0.15) is 0 Å². The molecule has 1 aromatic heterocycles. The van der Waals surface area contributed by atoms with Crippen LogP contribution in [0.1, 0.15) is 5.69 Å². The first-order valence-corrected chi connectivity index (χ1v) is 3.67. The number of hydrogen-bond donors (Lipinski definition) is 1. The summed E-state index contributed by atoms with van der Waals surface area (Å²) >= 11 is 0. The van der Waals surface area contributed by atoms with Crippen LogP contribution in [0.25, 0.3) is 10.9 Å². The van der Waals surface area contributed by atoms with Gasteiger partial charge in [-0.25, -0.2) is 0 Å². The molecule has 0 aliphatic carbocycles. The highest BCUT2D eigenvalue weighted by Crippen LogP contribution is 2.15. The van der Waals surface area contributed by atoms with Crippen LogP contribution in [-0.2, 0) is 7.05 Å². The van der Waals surface area contributed by atoms with Crippen molar-refractivity contribution in [2.45, 2.75) is 6.92 Å². The smallest absolute Gasteiger partial charge is 0.0681 e. The summed E-state index contributed by atoms with van der Waals surface area (Å²) in [6, 6.07) is 8.24. The van der Waals surface area contributed by atoms with Crippen LogP contribution in [0.5, 0.6) is 0 Å². The van der Waals surface area contributed by atoms with Gasteiger partial charge in [-0.15, -0.1) is 0 Å². The first-order valence-electron chi connectivity index (χ1n) is 3.67. The zero-order chi connectivity index (χ0) is 7.84. The van der Waals surface area contributed by atoms with Crippen molar-refractivity contribution in [1.29, 1.82) is 0 Å². The second kappa shape index (κ2) is 2.95. The molecule has 2 rings (SSSR count). The van der Waals surface area contributed by atoms with Gasteiger partial charge in [0.15, 0.2) is 0 Å². The molecule has 0 aliphatic heterocycles. The summed E-state index contributed by atoms with van der Waals surface area (Å²) in [6.45, 7) is 2.03. The number of fused-ring (bicyclic) bond motifs is 1. The summed E-state index contributed by atoms with van der Waals surface area (Å²) in [5, 5.41) is 5.55. The van der Waals surface area contributed by atoms with Crippen LogP contribution in [0.15, 0.2) is 24.3 Å². The van der Waals surface area contributed by atoms with Gasteiger partial charge in [0, 0.05) is 12.4 Å². The average Bonchev–Trinajstić information content (AvgIpc) is 2.30. The lowest BCUT2D eigenvalue weighted by Gasteiger charge is -1.90. The lowest BCUT2D eigenvalue weighted by molar-refractivity contribution is 0.783. The molecule has 2 aromatic rings. The Labute approximate surface area is 71.6 Å². The highest BCUT2D eigenvalue weighted by molar-refractivity contribution is 5.81. The van der Waals surface area contributed by atoms with Gasteiger partial charge in [-0.2, -0.15) is 5.10 Å². The molecule has 12 heavy (non-hydrogen) atoms. The van der Waals surface area contributed by atoms with E-state index in [4.69, 9.17) is 0 Å². The van der Waals surface area contributed by atoms with E-state index in [1.807, 2.05) is 30.8 Å². The van der Waals surface area contributed by atoms with Crippen molar-refractivity contribution in [3.63, 3.8) is 0 Å². The van der Waals surface area contributed by atoms with E-state index in [-0.39, 0.29) is 6.15 Å². The molecule has 0 radical (unpaired) electrons. The van der Waals surface area contributed by atoms with Crippen molar-refractivity contribution >= 4 is 10.9 Å². The highest BCUT2D eigenvalue weighted by Gasteiger charge is 2.00. The molecule has 0 amide bonds. The van der Waals surface area contributed by atoms with Crippen LogP contribution in [0.3, 0.4) is 0 Å². The number of rotatable bonds is 0. The van der Waals surface area contributed by atoms with E-state index in [0.717, 1.165) is 5.69 Å². The third-order valence-corrected chi connectivity index (χ3v) is 1.94. The van der Waals surface area contributed by atoms with Gasteiger partial charge < -0.3 is 6.15 Å². The van der Waals surface area contributed by atoms with Gasteiger partial charge in [0.2, 0.25) is 0 Å². The summed E-state index contributed by atoms with van der Waals surface area (Å²) in [7, 11) is 1.97. The molecule has 64 valence electrons. The Morgan fingerprint density at radius 3 is 2.58 bits per heavy atom. The molecule has 1 aromatic carbocycles. The zero-order valence-electron chi connectivity index (χ0n) is 7.41. The third kappa shape index (κ3) is 1.08. The van der Waals surface area contributed by atoms with E-state index in [1.54, 1.807) is 0 Å². The second-order valence-electron chi connectivity index (χ2n) is 2.73. The standard InChI is InChI=1S/C9H10N2.H3N/c1-7-8-5-3-4-6-9(8)11(2)10-7;/h3-6H,1-2H3;1H3. The predicted molar refractivity (Wildman–Crippen MR) is 50.5 cm³/mol. The van der Waals surface area contributed by atoms with E-state index < -0.39 is 0 Å². The number of para-hydroxylation sites is 1. The largest absolute Gasteiger partial charge is 0.344 e. The summed E-state index contributed by atoms with van der Waals surface area (Å²) in [5.41, 5.74) is 2.30. The van der Waals surface area contributed by atoms with Crippen molar-refractivity contribution < 1.29 is 0 Å². The fourth-order valence-corrected chi connectivity index (χ4v) is 1.39. The zero-order valence-corrected chi connectivity index (χ0v) is 7.41. The number of nitrogens with zero attached hydrogens (tertiary/aromatic N) is 2. The summed E-state index contributed by atoms with van der Waals surface area (Å²) in [5.74, 6) is 0. The molecule has 0 bridgehead atoms. The minimum atomic E-state index is 0. The van der Waals surface area contributed by atoms with E-state index in [1.165, 1.54) is 10.9 Å². The Bertz CT molecular complexity index is 354. The van der Waals surface area contributed by atoms with Crippen molar-refractivity contribution in [3.8, 4) is 0 Å². The monoisotopic (exact) mass is 163 g/mol. The molecule has 3 N–H and O–H groups in total. The molecule has 0 aliphatic rings. The van der Waals surface area contributed by atoms with Crippen molar-refractivity contribution in [1.82, 2.24) is 15.9 Å². The number of benzene rings is 1. The molecule has 0 saturated heterocycles. The predicted octanol–water partition coefficient (Wildman–Crippen LogP) is 2.04. The van der Waals surface area contributed by atoms with Crippen LogP contribution in [0, 0.1) is 6.92 Å². The Morgan fingerprint density at radius 2 is 1.92 bits per heavy atom. The van der Waals surface area contributed by atoms with E-state index in [0.29, 0.717) is 0 Å².